The Morgan fingerprint density at radius 2 is 2.25 bits per heavy atom. The van der Waals surface area contributed by atoms with Gasteiger partial charge in [0.05, 0.1) is 4.47 Å². The van der Waals surface area contributed by atoms with Crippen molar-refractivity contribution in [2.24, 2.45) is 5.84 Å². The Morgan fingerprint density at radius 3 is 2.88 bits per heavy atom. The van der Waals surface area contributed by atoms with Gasteiger partial charge in [-0.25, -0.2) is 15.8 Å². The van der Waals surface area contributed by atoms with E-state index in [9.17, 15) is 0 Å². The topological polar surface area (TPSA) is 103 Å². The summed E-state index contributed by atoms with van der Waals surface area (Å²) in [5, 5.41) is 8.63. The number of halogens is 1. The van der Waals surface area contributed by atoms with E-state index in [1.165, 1.54) is 18.1 Å². The van der Waals surface area contributed by atoms with Crippen molar-refractivity contribution in [2.75, 3.05) is 5.43 Å². The molecule has 2 aromatic heterocycles. The second-order valence-electron chi connectivity index (χ2n) is 2.67. The van der Waals surface area contributed by atoms with Crippen LogP contribution in [0.4, 0.5) is 5.82 Å². The molecule has 0 aliphatic rings. The third-order valence-corrected chi connectivity index (χ3v) is 3.44. The second kappa shape index (κ2) is 4.76. The fraction of sp³-hybridized carbons (Fsp3) is 0.143. The molecule has 0 radical (unpaired) electrons. The summed E-state index contributed by atoms with van der Waals surface area (Å²) in [6.45, 7) is 1.72. The number of hydrogen-bond acceptors (Lipinski definition) is 8. The molecule has 0 fully saturated rings. The van der Waals surface area contributed by atoms with Gasteiger partial charge in [-0.15, -0.1) is 10.2 Å². The first-order valence-electron chi connectivity index (χ1n) is 4.15. The molecule has 0 saturated heterocycles. The molecule has 9 heteroatoms. The Labute approximate surface area is 103 Å². The molecule has 2 heterocycles. The summed E-state index contributed by atoms with van der Waals surface area (Å²) in [7, 11) is 0. The van der Waals surface area contributed by atoms with E-state index in [1.807, 2.05) is 0 Å². The van der Waals surface area contributed by atoms with E-state index in [0.717, 1.165) is 0 Å². The molecule has 0 aliphatic heterocycles. The van der Waals surface area contributed by atoms with E-state index in [1.54, 1.807) is 6.92 Å². The number of nitrogens with one attached hydrogen (secondary N) is 1. The zero-order valence-corrected chi connectivity index (χ0v) is 10.5. The van der Waals surface area contributed by atoms with Gasteiger partial charge in [0.25, 0.3) is 5.22 Å². The number of aromatic nitrogens is 4. The van der Waals surface area contributed by atoms with Crippen molar-refractivity contribution < 1.29 is 4.42 Å². The predicted molar refractivity (Wildman–Crippen MR) is 60.7 cm³/mol. The normalized spacial score (nSPS) is 10.4. The Morgan fingerprint density at radius 1 is 1.44 bits per heavy atom. The van der Waals surface area contributed by atoms with Crippen LogP contribution in [0.15, 0.2) is 25.5 Å². The van der Waals surface area contributed by atoms with Crippen LogP contribution in [-0.4, -0.2) is 20.2 Å². The van der Waals surface area contributed by atoms with E-state index in [-0.39, 0.29) is 0 Å². The van der Waals surface area contributed by atoms with E-state index in [4.69, 9.17) is 10.3 Å². The Bertz CT molecular complexity index is 503. The average Bonchev–Trinajstić information content (AvgIpc) is 2.67. The molecule has 0 unspecified atom stereocenters. The first kappa shape index (κ1) is 11.3. The van der Waals surface area contributed by atoms with Crippen molar-refractivity contribution in [1.29, 1.82) is 0 Å². The monoisotopic (exact) mass is 302 g/mol. The molecule has 0 aliphatic carbocycles. The molecule has 2 rings (SSSR count). The predicted octanol–water partition coefficient (Wildman–Crippen LogP) is 1.37. The minimum absolute atomic E-state index is 0.417. The van der Waals surface area contributed by atoms with Gasteiger partial charge in [-0.1, -0.05) is 0 Å². The van der Waals surface area contributed by atoms with E-state index in [0.29, 0.717) is 26.4 Å². The number of anilines is 1. The summed E-state index contributed by atoms with van der Waals surface area (Å²) >= 11 is 4.56. The molecule has 3 N–H and O–H groups in total. The van der Waals surface area contributed by atoms with Gasteiger partial charge in [-0.2, -0.15) is 0 Å². The molecule has 7 nitrogen and oxygen atoms in total. The Balaban J connectivity index is 2.28. The quantitative estimate of drug-likeness (QED) is 0.498. The van der Waals surface area contributed by atoms with E-state index >= 15 is 0 Å². The van der Waals surface area contributed by atoms with Crippen molar-refractivity contribution in [3.8, 4) is 0 Å². The number of nitrogen functional groups attached to an aromatic ring is 1. The number of hydrogen-bond donors (Lipinski definition) is 2. The molecule has 0 atom stereocenters. The van der Waals surface area contributed by atoms with Crippen molar-refractivity contribution >= 4 is 33.5 Å². The third kappa shape index (κ3) is 2.31. The van der Waals surface area contributed by atoms with E-state index < -0.39 is 0 Å². The highest BCUT2D eigenvalue weighted by molar-refractivity contribution is 9.10. The Hall–Kier alpha value is -1.19. The molecule has 0 amide bonds. The zero-order valence-electron chi connectivity index (χ0n) is 8.14. The fourth-order valence-corrected chi connectivity index (χ4v) is 2.19. The van der Waals surface area contributed by atoms with Gasteiger partial charge in [0.1, 0.15) is 11.4 Å². The van der Waals surface area contributed by atoms with Crippen LogP contribution in [0.1, 0.15) is 5.89 Å². The summed E-state index contributed by atoms with van der Waals surface area (Å²) in [5.41, 5.74) is 2.45. The number of nitrogens with two attached hydrogens (primary N) is 1. The van der Waals surface area contributed by atoms with Gasteiger partial charge in [0.2, 0.25) is 5.89 Å². The SMILES string of the molecule is Cc1nnc(Sc2ncnc(NN)c2Br)o1. The maximum absolute atomic E-state index is 5.29. The van der Waals surface area contributed by atoms with Crippen LogP contribution < -0.4 is 11.3 Å². The molecule has 16 heavy (non-hydrogen) atoms. The number of hydrazine groups is 1. The molecule has 84 valence electrons. The summed E-state index contributed by atoms with van der Waals surface area (Å²) in [4.78, 5) is 8.00. The zero-order chi connectivity index (χ0) is 11.5. The lowest BCUT2D eigenvalue weighted by molar-refractivity contribution is 0.429. The van der Waals surface area contributed by atoms with Crippen LogP contribution in [0.25, 0.3) is 0 Å². The van der Waals surface area contributed by atoms with Crippen molar-refractivity contribution in [3.05, 3.63) is 16.7 Å². The van der Waals surface area contributed by atoms with Gasteiger partial charge in [-0.05, 0) is 27.7 Å². The van der Waals surface area contributed by atoms with Crippen molar-refractivity contribution in [1.82, 2.24) is 20.2 Å². The Kier molecular flexibility index (Phi) is 3.36. The number of rotatable bonds is 3. The maximum Gasteiger partial charge on any atom is 0.282 e. The number of aryl methyl sites for hydroxylation is 1. The average molecular weight is 303 g/mol. The molecule has 0 aromatic carbocycles. The van der Waals surface area contributed by atoms with Gasteiger partial charge < -0.3 is 9.84 Å². The molecular formula is C7H7BrN6OS. The minimum atomic E-state index is 0.417. The summed E-state index contributed by atoms with van der Waals surface area (Å²) in [5.74, 6) is 6.28. The highest BCUT2D eigenvalue weighted by Gasteiger charge is 2.12. The van der Waals surface area contributed by atoms with Gasteiger partial charge in [0.15, 0.2) is 5.82 Å². The van der Waals surface area contributed by atoms with Crippen molar-refractivity contribution in [2.45, 2.75) is 17.2 Å². The lowest BCUT2D eigenvalue weighted by atomic mass is 10.6. The highest BCUT2D eigenvalue weighted by Crippen LogP contribution is 2.33. The van der Waals surface area contributed by atoms with Gasteiger partial charge in [0, 0.05) is 6.92 Å². The van der Waals surface area contributed by atoms with Crippen molar-refractivity contribution in [3.63, 3.8) is 0 Å². The van der Waals surface area contributed by atoms with Gasteiger partial charge in [-0.3, -0.25) is 0 Å². The summed E-state index contributed by atoms with van der Waals surface area (Å²) in [6.07, 6.45) is 1.39. The van der Waals surface area contributed by atoms with Gasteiger partial charge >= 0.3 is 0 Å². The number of nitrogens with zero attached hydrogens (tertiary/aromatic N) is 4. The maximum atomic E-state index is 5.29. The first-order valence-corrected chi connectivity index (χ1v) is 5.76. The lowest BCUT2D eigenvalue weighted by Crippen LogP contribution is -2.09. The second-order valence-corrected chi connectivity index (χ2v) is 4.41. The largest absolute Gasteiger partial charge is 0.416 e. The summed E-state index contributed by atoms with van der Waals surface area (Å²) < 4.78 is 5.88. The third-order valence-electron chi connectivity index (χ3n) is 1.59. The van der Waals surface area contributed by atoms with Crippen LogP contribution in [0.2, 0.25) is 0 Å². The van der Waals surface area contributed by atoms with Crippen LogP contribution in [0.5, 0.6) is 0 Å². The molecule has 0 bridgehead atoms. The van der Waals surface area contributed by atoms with Crippen LogP contribution in [0.3, 0.4) is 0 Å². The molecule has 2 aromatic rings. The van der Waals surface area contributed by atoms with Crippen LogP contribution in [-0.2, 0) is 0 Å². The standard InChI is InChI=1S/C7H7BrN6OS/c1-3-13-14-7(15-3)16-6-4(8)5(12-9)10-2-11-6/h2H,9H2,1H3,(H,10,11,12). The van der Waals surface area contributed by atoms with Crippen LogP contribution >= 0.6 is 27.7 Å². The summed E-state index contributed by atoms with van der Waals surface area (Å²) in [6, 6.07) is 0. The smallest absolute Gasteiger partial charge is 0.282 e. The molecule has 0 spiro atoms. The molecular weight excluding hydrogens is 296 g/mol. The van der Waals surface area contributed by atoms with Crippen LogP contribution in [0, 0.1) is 6.92 Å². The fourth-order valence-electron chi connectivity index (χ4n) is 0.928. The van der Waals surface area contributed by atoms with E-state index in [2.05, 4.69) is 41.5 Å². The first-order chi connectivity index (χ1) is 7.70. The molecule has 0 saturated carbocycles. The highest BCUT2D eigenvalue weighted by atomic mass is 79.9. The minimum Gasteiger partial charge on any atom is -0.416 e. The lowest BCUT2D eigenvalue weighted by Gasteiger charge is -2.04.